The molecule has 3 N–H and O–H groups in total. The topological polar surface area (TPSA) is 71.6 Å². The molecule has 0 bridgehead atoms. The van der Waals surface area contributed by atoms with Gasteiger partial charge in [-0.15, -0.1) is 0 Å². The molecule has 0 unspecified atom stereocenters. The molecule has 0 saturated carbocycles. The molecule has 6 nitrogen and oxygen atoms in total. The second-order valence-corrected chi connectivity index (χ2v) is 6.95. The Morgan fingerprint density at radius 2 is 1.85 bits per heavy atom. The number of benzene rings is 2. The molecule has 0 aromatic heterocycles. The zero-order valence-electron chi connectivity index (χ0n) is 15.4. The van der Waals surface area contributed by atoms with Gasteiger partial charge in [-0.1, -0.05) is 35.9 Å². The molecule has 2 aromatic rings. The fraction of sp³-hybridized carbons (Fsp3) is 0.316. The summed E-state index contributed by atoms with van der Waals surface area (Å²) < 4.78 is 0. The fourth-order valence-electron chi connectivity index (χ4n) is 2.74. The molecule has 2 rings (SSSR count). The summed E-state index contributed by atoms with van der Waals surface area (Å²) in [7, 11) is 0. The van der Waals surface area contributed by atoms with Gasteiger partial charge in [-0.3, -0.25) is 10.1 Å². The first-order chi connectivity index (χ1) is 12.9. The highest BCUT2D eigenvalue weighted by Gasteiger charge is 2.12. The molecule has 0 aliphatic carbocycles. The lowest BCUT2D eigenvalue weighted by molar-refractivity contribution is -0.910. The lowest BCUT2D eigenvalue weighted by Crippen LogP contribution is -3.10. The van der Waals surface area contributed by atoms with Gasteiger partial charge in [0.25, 0.3) is 5.69 Å². The lowest BCUT2D eigenvalue weighted by atomic mass is 10.1. The normalized spacial score (nSPS) is 10.7. The summed E-state index contributed by atoms with van der Waals surface area (Å²) in [4.78, 5) is 12.0. The van der Waals surface area contributed by atoms with Crippen LogP contribution in [0, 0.1) is 10.1 Å². The van der Waals surface area contributed by atoms with E-state index < -0.39 is 4.92 Å². The highest BCUT2D eigenvalue weighted by Crippen LogP contribution is 2.26. The number of thiocarbonyl (C=S) groups is 1. The van der Waals surface area contributed by atoms with Crippen molar-refractivity contribution in [1.29, 1.82) is 0 Å². The molecule has 27 heavy (non-hydrogen) atoms. The number of quaternary nitrogens is 1. The second-order valence-electron chi connectivity index (χ2n) is 6.13. The van der Waals surface area contributed by atoms with Gasteiger partial charge in [-0.05, 0) is 37.7 Å². The van der Waals surface area contributed by atoms with E-state index in [1.54, 1.807) is 0 Å². The molecule has 0 atom stereocenters. The summed E-state index contributed by atoms with van der Waals surface area (Å²) in [6, 6.07) is 12.5. The van der Waals surface area contributed by atoms with Gasteiger partial charge in [0.1, 0.15) is 6.54 Å². The number of nitro groups is 1. The zero-order chi connectivity index (χ0) is 19.8. The van der Waals surface area contributed by atoms with Crippen LogP contribution >= 0.6 is 23.8 Å². The van der Waals surface area contributed by atoms with Gasteiger partial charge in [-0.2, -0.15) is 0 Å². The van der Waals surface area contributed by atoms with Crippen LogP contribution in [0.2, 0.25) is 5.02 Å². The van der Waals surface area contributed by atoms with Crippen LogP contribution in [0.1, 0.15) is 25.0 Å². The zero-order valence-corrected chi connectivity index (χ0v) is 17.0. The molecule has 8 heteroatoms. The Bertz CT molecular complexity index is 812. The van der Waals surface area contributed by atoms with E-state index in [-0.39, 0.29) is 5.69 Å². The van der Waals surface area contributed by atoms with Crippen molar-refractivity contribution in [3.8, 4) is 0 Å². The van der Waals surface area contributed by atoms with E-state index in [0.717, 1.165) is 19.6 Å². The first kappa shape index (κ1) is 21.1. The maximum absolute atomic E-state index is 10.9. The Kier molecular flexibility index (Phi) is 7.97. The predicted octanol–water partition coefficient (Wildman–Crippen LogP) is 3.16. The maximum atomic E-state index is 10.9. The Morgan fingerprint density at radius 1 is 1.19 bits per heavy atom. The highest BCUT2D eigenvalue weighted by molar-refractivity contribution is 7.80. The number of nitrogens with zero attached hydrogens (tertiary/aromatic N) is 1. The quantitative estimate of drug-likeness (QED) is 0.356. The number of halogens is 1. The number of hydrogen-bond acceptors (Lipinski definition) is 3. The van der Waals surface area contributed by atoms with Crippen molar-refractivity contribution in [2.24, 2.45) is 0 Å². The van der Waals surface area contributed by atoms with Crippen LogP contribution in [0.5, 0.6) is 0 Å². The van der Waals surface area contributed by atoms with E-state index in [1.807, 2.05) is 12.1 Å². The van der Waals surface area contributed by atoms with E-state index in [1.165, 1.54) is 34.2 Å². The van der Waals surface area contributed by atoms with Crippen molar-refractivity contribution in [3.63, 3.8) is 0 Å². The van der Waals surface area contributed by atoms with Crippen molar-refractivity contribution >= 4 is 40.3 Å². The smallest absolute Gasteiger partial charge is 0.271 e. The molecular weight excluding hydrogens is 384 g/mol. The molecule has 0 fully saturated rings. The maximum Gasteiger partial charge on any atom is 0.271 e. The Balaban J connectivity index is 2.02. The van der Waals surface area contributed by atoms with E-state index >= 15 is 0 Å². The number of nitro benzene ring substituents is 1. The highest BCUT2D eigenvalue weighted by atomic mass is 35.5. The van der Waals surface area contributed by atoms with Crippen LogP contribution in [0.15, 0.2) is 42.5 Å². The largest absolute Gasteiger partial charge is 0.358 e. The first-order valence-electron chi connectivity index (χ1n) is 8.83. The molecular formula is C19H24ClN4O2S+. The van der Waals surface area contributed by atoms with Crippen LogP contribution in [-0.4, -0.2) is 23.1 Å². The van der Waals surface area contributed by atoms with Crippen molar-refractivity contribution in [2.75, 3.05) is 18.4 Å². The van der Waals surface area contributed by atoms with Crippen LogP contribution < -0.4 is 15.5 Å². The predicted molar refractivity (Wildman–Crippen MR) is 113 cm³/mol. The number of hydrogen-bond donors (Lipinski definition) is 3. The third-order valence-electron chi connectivity index (χ3n) is 4.41. The molecule has 0 amide bonds. The minimum Gasteiger partial charge on any atom is -0.358 e. The molecule has 0 aliphatic heterocycles. The van der Waals surface area contributed by atoms with Gasteiger partial charge in [0.05, 0.1) is 28.7 Å². The van der Waals surface area contributed by atoms with Crippen molar-refractivity contribution in [2.45, 2.75) is 26.9 Å². The molecule has 144 valence electrons. The SMILES string of the molecule is CC[NH+](CC)Cc1ccccc1CNC(=S)Nc1cc([N+](=O)[O-])ccc1Cl. The third-order valence-corrected chi connectivity index (χ3v) is 4.98. The molecule has 0 aliphatic rings. The third kappa shape index (κ3) is 6.16. The molecule has 2 aromatic carbocycles. The van der Waals surface area contributed by atoms with Crippen molar-refractivity contribution in [1.82, 2.24) is 5.32 Å². The number of rotatable bonds is 8. The van der Waals surface area contributed by atoms with Gasteiger partial charge in [0, 0.05) is 24.2 Å². The van der Waals surface area contributed by atoms with Gasteiger partial charge in [0.15, 0.2) is 5.11 Å². The summed E-state index contributed by atoms with van der Waals surface area (Å²) in [5.41, 5.74) is 2.81. The summed E-state index contributed by atoms with van der Waals surface area (Å²) in [6.45, 7) is 8.03. The number of anilines is 1. The minimum absolute atomic E-state index is 0.0442. The minimum atomic E-state index is -0.468. The van der Waals surface area contributed by atoms with Crippen molar-refractivity contribution in [3.05, 3.63) is 68.7 Å². The van der Waals surface area contributed by atoms with Crippen LogP contribution in [0.4, 0.5) is 11.4 Å². The Hall–Kier alpha value is -2.22. The Morgan fingerprint density at radius 3 is 2.48 bits per heavy atom. The summed E-state index contributed by atoms with van der Waals surface area (Å²) in [5.74, 6) is 0. The van der Waals surface area contributed by atoms with E-state index in [4.69, 9.17) is 23.8 Å². The van der Waals surface area contributed by atoms with E-state index in [9.17, 15) is 10.1 Å². The van der Waals surface area contributed by atoms with Gasteiger partial charge in [0.2, 0.25) is 0 Å². The molecule has 0 radical (unpaired) electrons. The van der Waals surface area contributed by atoms with Crippen LogP contribution in [0.3, 0.4) is 0 Å². The standard InChI is InChI=1S/C19H23ClN4O2S/c1-3-23(4-2)13-15-8-6-5-7-14(15)12-21-19(27)22-18-11-16(24(25)26)9-10-17(18)20/h5-11H,3-4,12-13H2,1-2H3,(H2,21,22,27)/p+1. The summed E-state index contributed by atoms with van der Waals surface area (Å²) >= 11 is 11.4. The van der Waals surface area contributed by atoms with Crippen LogP contribution in [0.25, 0.3) is 0 Å². The molecule has 0 spiro atoms. The van der Waals surface area contributed by atoms with Gasteiger partial charge in [-0.25, -0.2) is 0 Å². The van der Waals surface area contributed by atoms with Crippen molar-refractivity contribution < 1.29 is 9.82 Å². The average molecular weight is 408 g/mol. The monoisotopic (exact) mass is 407 g/mol. The molecule has 0 saturated heterocycles. The second kappa shape index (κ2) is 10.2. The summed E-state index contributed by atoms with van der Waals surface area (Å²) in [5, 5.41) is 17.7. The lowest BCUT2D eigenvalue weighted by Gasteiger charge is -2.18. The first-order valence-corrected chi connectivity index (χ1v) is 9.62. The molecule has 0 heterocycles. The van der Waals surface area contributed by atoms with E-state index in [2.05, 4.69) is 36.6 Å². The summed E-state index contributed by atoms with van der Waals surface area (Å²) in [6.07, 6.45) is 0. The van der Waals surface area contributed by atoms with Gasteiger partial charge >= 0.3 is 0 Å². The number of non-ortho nitro benzene ring substituents is 1. The van der Waals surface area contributed by atoms with Gasteiger partial charge < -0.3 is 15.5 Å². The van der Waals surface area contributed by atoms with E-state index in [0.29, 0.717) is 22.4 Å². The Labute approximate surface area is 169 Å². The number of nitrogens with one attached hydrogen (secondary N) is 3. The fourth-order valence-corrected chi connectivity index (χ4v) is 3.08. The average Bonchev–Trinajstić information content (AvgIpc) is 2.66. The van der Waals surface area contributed by atoms with Crippen LogP contribution in [-0.2, 0) is 13.1 Å².